The number of fused-ring (bicyclic) bond motifs is 2. The molecule has 0 fully saturated rings. The van der Waals surface area contributed by atoms with Gasteiger partial charge in [0.2, 0.25) is 0 Å². The Hall–Kier alpha value is -5.97. The summed E-state index contributed by atoms with van der Waals surface area (Å²) in [6.45, 7) is 3.93. The Morgan fingerprint density at radius 2 is 1.43 bits per heavy atom. The Morgan fingerprint density at radius 1 is 0.818 bits per heavy atom. The van der Waals surface area contributed by atoms with E-state index in [1.807, 2.05) is 85.7 Å². The van der Waals surface area contributed by atoms with Crippen molar-refractivity contribution in [1.82, 2.24) is 15.6 Å². The van der Waals surface area contributed by atoms with Crippen LogP contribution in [0, 0.1) is 10.1 Å². The van der Waals surface area contributed by atoms with Gasteiger partial charge >= 0.3 is 0 Å². The number of nitrogen functional groups attached to an aromatic ring is 1. The number of H-pyrrole nitrogens is 1. The van der Waals surface area contributed by atoms with Crippen molar-refractivity contribution in [2.24, 2.45) is 5.10 Å². The Morgan fingerprint density at radius 3 is 2.09 bits per heavy atom. The van der Waals surface area contributed by atoms with Gasteiger partial charge in [-0.05, 0) is 24.3 Å². The average molecular weight is 589 g/mol. The second-order valence-corrected chi connectivity index (χ2v) is 10.6. The first-order valence-electron chi connectivity index (χ1n) is 13.7. The molecule has 0 atom stereocenters. The second-order valence-electron chi connectivity index (χ2n) is 10.6. The lowest BCUT2D eigenvalue weighted by Crippen LogP contribution is -2.20. The second kappa shape index (κ2) is 12.1. The zero-order chi connectivity index (χ0) is 31.5. The predicted molar refractivity (Wildman–Crippen MR) is 178 cm³/mol. The molecule has 44 heavy (non-hydrogen) atoms. The number of benzene rings is 4. The van der Waals surface area contributed by atoms with Crippen molar-refractivity contribution in [2.45, 2.75) is 0 Å². The molecule has 4 N–H and O–H groups in total. The minimum Gasteiger partial charge on any atom is -0.397 e. The van der Waals surface area contributed by atoms with Crippen molar-refractivity contribution in [3.05, 3.63) is 129 Å². The summed E-state index contributed by atoms with van der Waals surface area (Å²) in [5, 5.41) is 23.9. The molecule has 2 heterocycles. The zero-order valence-corrected chi connectivity index (χ0v) is 24.8. The fourth-order valence-corrected chi connectivity index (χ4v) is 5.06. The first-order valence-corrected chi connectivity index (χ1v) is 13.7. The van der Waals surface area contributed by atoms with Gasteiger partial charge in [-0.1, -0.05) is 61.2 Å². The normalized spacial score (nSPS) is 11.9. The van der Waals surface area contributed by atoms with E-state index in [0.717, 1.165) is 33.5 Å². The molecule has 5 aromatic rings. The van der Waals surface area contributed by atoms with Crippen LogP contribution in [0.1, 0.15) is 16.7 Å². The summed E-state index contributed by atoms with van der Waals surface area (Å²) in [7, 11) is 7.44. The van der Waals surface area contributed by atoms with Gasteiger partial charge in [-0.15, -0.1) is 0 Å². The van der Waals surface area contributed by atoms with E-state index in [1.54, 1.807) is 37.2 Å². The number of hydrogen-bond donors (Lipinski definition) is 3. The topological polar surface area (TPSA) is 146 Å². The highest BCUT2D eigenvalue weighted by molar-refractivity contribution is 6.16. The minimum absolute atomic E-state index is 0.0529. The molecule has 11 nitrogen and oxygen atoms in total. The molecule has 0 spiro atoms. The van der Waals surface area contributed by atoms with Crippen molar-refractivity contribution in [1.29, 1.82) is 0 Å². The maximum absolute atomic E-state index is 11.8. The third kappa shape index (κ3) is 5.71. The molecule has 6 rings (SSSR count). The van der Waals surface area contributed by atoms with Crippen LogP contribution in [0.2, 0.25) is 0 Å². The number of aromatic nitrogens is 2. The summed E-state index contributed by atoms with van der Waals surface area (Å²) in [6.07, 6.45) is 0. The molecule has 1 aliphatic rings. The van der Waals surface area contributed by atoms with Crippen LogP contribution < -0.4 is 26.5 Å². The number of hydrazone groups is 1. The largest absolute Gasteiger partial charge is 0.397 e. The van der Waals surface area contributed by atoms with Gasteiger partial charge in [0.05, 0.1) is 38.8 Å². The molecule has 11 heteroatoms. The number of nitro groups is 1. The molecule has 0 aliphatic carbocycles. The molecule has 0 saturated heterocycles. The van der Waals surface area contributed by atoms with Crippen LogP contribution in [0.3, 0.4) is 0 Å². The Balaban J connectivity index is 0.000000175. The first kappa shape index (κ1) is 29.5. The summed E-state index contributed by atoms with van der Waals surface area (Å²) in [4.78, 5) is 26.5. The van der Waals surface area contributed by atoms with Crippen LogP contribution >= 0.6 is 0 Å². The van der Waals surface area contributed by atoms with Crippen LogP contribution in [-0.2, 0) is 0 Å². The van der Waals surface area contributed by atoms with E-state index in [2.05, 4.69) is 27.3 Å². The van der Waals surface area contributed by atoms with E-state index in [4.69, 9.17) is 5.73 Å². The molecular weight excluding hydrogens is 556 g/mol. The van der Waals surface area contributed by atoms with E-state index < -0.39 is 0 Å². The summed E-state index contributed by atoms with van der Waals surface area (Å²) in [5.74, 6) is 0. The van der Waals surface area contributed by atoms with E-state index in [-0.39, 0.29) is 16.2 Å². The van der Waals surface area contributed by atoms with Gasteiger partial charge in [-0.3, -0.25) is 20.3 Å². The van der Waals surface area contributed by atoms with Gasteiger partial charge in [0.1, 0.15) is 5.69 Å². The van der Waals surface area contributed by atoms with Crippen LogP contribution in [0.4, 0.5) is 22.7 Å². The Kier molecular flexibility index (Phi) is 8.12. The molecule has 4 aromatic carbocycles. The number of anilines is 3. The highest BCUT2D eigenvalue weighted by Gasteiger charge is 2.22. The number of hydrogen-bond acceptors (Lipinski definition) is 9. The fourth-order valence-electron chi connectivity index (χ4n) is 5.06. The Bertz CT molecular complexity index is 2000. The van der Waals surface area contributed by atoms with Crippen molar-refractivity contribution in [3.8, 4) is 11.3 Å². The summed E-state index contributed by atoms with van der Waals surface area (Å²) in [6, 6.07) is 26.1. The molecule has 0 bridgehead atoms. The highest BCUT2D eigenvalue weighted by Crippen LogP contribution is 2.32. The van der Waals surface area contributed by atoms with E-state index in [9.17, 15) is 14.9 Å². The van der Waals surface area contributed by atoms with Gasteiger partial charge < -0.3 is 15.5 Å². The van der Waals surface area contributed by atoms with Crippen molar-refractivity contribution >= 4 is 44.9 Å². The summed E-state index contributed by atoms with van der Waals surface area (Å²) >= 11 is 0. The molecule has 222 valence electrons. The van der Waals surface area contributed by atoms with Crippen LogP contribution in [0.5, 0.6) is 0 Å². The highest BCUT2D eigenvalue weighted by atomic mass is 16.6. The van der Waals surface area contributed by atoms with Gasteiger partial charge in [0, 0.05) is 61.9 Å². The smallest absolute Gasteiger partial charge is 0.293 e. The number of nitrogens with two attached hydrogens (primary N) is 1. The zero-order valence-electron chi connectivity index (χ0n) is 24.8. The lowest BCUT2D eigenvalue weighted by Gasteiger charge is -2.20. The van der Waals surface area contributed by atoms with Crippen molar-refractivity contribution < 1.29 is 4.92 Å². The maximum atomic E-state index is 11.8. The van der Waals surface area contributed by atoms with Gasteiger partial charge in [-0.25, -0.2) is 5.10 Å². The van der Waals surface area contributed by atoms with Gasteiger partial charge in [0.15, 0.2) is 0 Å². The molecule has 0 amide bonds. The average Bonchev–Trinajstić information content (AvgIpc) is 3.01. The maximum Gasteiger partial charge on any atom is 0.293 e. The van der Waals surface area contributed by atoms with Gasteiger partial charge in [-0.2, -0.15) is 10.2 Å². The molecule has 0 radical (unpaired) electrons. The lowest BCUT2D eigenvalue weighted by molar-refractivity contribution is -0.384. The lowest BCUT2D eigenvalue weighted by atomic mass is 9.94. The van der Waals surface area contributed by atoms with Crippen molar-refractivity contribution in [2.75, 3.05) is 43.7 Å². The quantitative estimate of drug-likeness (QED) is 0.144. The number of nitrogens with one attached hydrogen (secondary N) is 2. The standard InChI is InChI=1S/C17H16N4O2.C16H16N4O/c1-11-13-6-4-5-7-14(13)17(19-18-11)12-8-9-15(20(2)3)16(10-12)21(22)23;1-20(2)14-8-7-10(9-13(14)17)15-11-5-3-4-6-12(11)16(21)19-18-15/h4-10,18H,1H2,2-3H3;3-9H,17H2,1-2H3,(H,19,21). The van der Waals surface area contributed by atoms with E-state index in [1.165, 1.54) is 0 Å². The molecule has 0 saturated carbocycles. The first-order chi connectivity index (χ1) is 21.1. The van der Waals surface area contributed by atoms with Crippen LogP contribution in [-0.4, -0.2) is 49.0 Å². The number of nitro benzene ring substituents is 1. The van der Waals surface area contributed by atoms with E-state index in [0.29, 0.717) is 33.7 Å². The number of rotatable bonds is 5. The predicted octanol–water partition coefficient (Wildman–Crippen LogP) is 5.23. The number of nitrogens with zero attached hydrogens (tertiary/aromatic N) is 5. The van der Waals surface area contributed by atoms with Crippen molar-refractivity contribution in [3.63, 3.8) is 0 Å². The minimum atomic E-state index is -0.375. The SMILES string of the molecule is C=C1NN=C(c2ccc(N(C)C)c([N+](=O)[O-])c2)c2ccccc21.CN(C)c1ccc(-c2n[nH]c(=O)c3ccccc23)cc1N. The molecular formula is C33H32N8O3. The van der Waals surface area contributed by atoms with Gasteiger partial charge in [0.25, 0.3) is 11.2 Å². The summed E-state index contributed by atoms with van der Waals surface area (Å²) in [5.41, 5.74) is 16.5. The van der Waals surface area contributed by atoms with Crippen LogP contribution in [0.15, 0.2) is 101 Å². The third-order valence-electron chi connectivity index (χ3n) is 7.22. The molecule has 1 aliphatic heterocycles. The fraction of sp³-hybridized carbons (Fsp3) is 0.121. The summed E-state index contributed by atoms with van der Waals surface area (Å²) < 4.78 is 0. The number of aromatic amines is 1. The van der Waals surface area contributed by atoms with E-state index >= 15 is 0 Å². The third-order valence-corrected chi connectivity index (χ3v) is 7.22. The van der Waals surface area contributed by atoms with Crippen LogP contribution in [0.25, 0.3) is 27.7 Å². The molecule has 1 aromatic heterocycles. The monoisotopic (exact) mass is 588 g/mol. The Labute approximate surface area is 254 Å². The molecule has 0 unspecified atom stereocenters.